The van der Waals surface area contributed by atoms with Crippen molar-refractivity contribution >= 4 is 11.9 Å². The Morgan fingerprint density at radius 3 is 1.39 bits per heavy atom. The largest absolute Gasteiger partial charge is 0.507 e. The summed E-state index contributed by atoms with van der Waals surface area (Å²) in [5.41, 5.74) is 0.176. The van der Waals surface area contributed by atoms with Crippen LogP contribution in [-0.2, 0) is 5.41 Å². The predicted molar refractivity (Wildman–Crippen MR) is 82.3 cm³/mol. The lowest BCUT2D eigenvalue weighted by Gasteiger charge is -2.27. The molecule has 2 aromatic rings. The second-order valence-corrected chi connectivity index (χ2v) is 5.70. The quantitative estimate of drug-likeness (QED) is 0.689. The smallest absolute Gasteiger partial charge is 0.339 e. The minimum absolute atomic E-state index is 0.200. The molecule has 0 fully saturated rings. The first kappa shape index (κ1) is 16.4. The highest BCUT2D eigenvalue weighted by Gasteiger charge is 2.26. The van der Waals surface area contributed by atoms with Crippen LogP contribution < -0.4 is 0 Å². The van der Waals surface area contributed by atoms with E-state index in [1.807, 2.05) is 13.8 Å². The Morgan fingerprint density at radius 1 is 0.783 bits per heavy atom. The third kappa shape index (κ3) is 2.96. The average molecular weight is 316 g/mol. The van der Waals surface area contributed by atoms with Gasteiger partial charge in [-0.1, -0.05) is 26.0 Å². The van der Waals surface area contributed by atoms with Crippen molar-refractivity contribution in [2.75, 3.05) is 0 Å². The lowest BCUT2D eigenvalue weighted by Crippen LogP contribution is -2.19. The molecule has 0 aliphatic heterocycles. The van der Waals surface area contributed by atoms with Crippen LogP contribution in [0.2, 0.25) is 0 Å². The van der Waals surface area contributed by atoms with Crippen LogP contribution in [0, 0.1) is 0 Å². The van der Waals surface area contributed by atoms with E-state index in [2.05, 4.69) is 0 Å². The van der Waals surface area contributed by atoms with Crippen LogP contribution in [0.4, 0.5) is 0 Å². The SMILES string of the molecule is CC(C)(c1ccc(C(=O)O)c(O)c1)c1ccc(C(=O)O)c(O)c1. The number of phenols is 2. The van der Waals surface area contributed by atoms with Crippen LogP contribution in [0.1, 0.15) is 45.7 Å². The zero-order chi connectivity index (χ0) is 17.4. The molecule has 0 saturated carbocycles. The zero-order valence-corrected chi connectivity index (χ0v) is 12.6. The van der Waals surface area contributed by atoms with Crippen molar-refractivity contribution < 1.29 is 30.0 Å². The highest BCUT2D eigenvalue weighted by molar-refractivity contribution is 5.91. The molecule has 0 heterocycles. The fourth-order valence-corrected chi connectivity index (χ4v) is 2.37. The molecule has 2 aromatic carbocycles. The Bertz CT molecular complexity index is 726. The van der Waals surface area contributed by atoms with Crippen LogP contribution in [0.3, 0.4) is 0 Å². The highest BCUT2D eigenvalue weighted by Crippen LogP contribution is 2.36. The molecule has 0 atom stereocenters. The summed E-state index contributed by atoms with van der Waals surface area (Å²) in [4.78, 5) is 21.9. The first-order valence-electron chi connectivity index (χ1n) is 6.78. The molecule has 120 valence electrons. The predicted octanol–water partition coefficient (Wildman–Crippen LogP) is 2.82. The number of aromatic hydroxyl groups is 2. The summed E-state index contributed by atoms with van der Waals surface area (Å²) in [5, 5.41) is 37.6. The van der Waals surface area contributed by atoms with Gasteiger partial charge in [-0.25, -0.2) is 9.59 Å². The number of hydrogen-bond donors (Lipinski definition) is 4. The molecule has 4 N–H and O–H groups in total. The highest BCUT2D eigenvalue weighted by atomic mass is 16.4. The Labute approximate surface area is 132 Å². The van der Waals surface area contributed by atoms with E-state index < -0.39 is 17.4 Å². The summed E-state index contributed by atoms with van der Waals surface area (Å²) in [7, 11) is 0. The standard InChI is InChI=1S/C17H16O6/c1-17(2,9-3-5-11(15(20)21)13(18)7-9)10-4-6-12(16(22)23)14(19)8-10/h3-8,18-19H,1-2H3,(H,20,21)(H,22,23). The van der Waals surface area contributed by atoms with Crippen LogP contribution in [-0.4, -0.2) is 32.4 Å². The van der Waals surface area contributed by atoms with Crippen molar-refractivity contribution in [3.63, 3.8) is 0 Å². The summed E-state index contributed by atoms with van der Waals surface area (Å²) < 4.78 is 0. The lowest BCUT2D eigenvalue weighted by molar-refractivity contribution is 0.0682. The van der Waals surface area contributed by atoms with E-state index in [1.165, 1.54) is 24.3 Å². The van der Waals surface area contributed by atoms with Gasteiger partial charge in [-0.05, 0) is 35.4 Å². The van der Waals surface area contributed by atoms with Crippen LogP contribution in [0.5, 0.6) is 11.5 Å². The molecule has 0 aromatic heterocycles. The van der Waals surface area contributed by atoms with Crippen molar-refractivity contribution in [1.82, 2.24) is 0 Å². The van der Waals surface area contributed by atoms with Crippen molar-refractivity contribution in [3.8, 4) is 11.5 Å². The zero-order valence-electron chi connectivity index (χ0n) is 12.6. The second kappa shape index (κ2) is 5.64. The number of rotatable bonds is 4. The Kier molecular flexibility index (Phi) is 4.01. The number of carboxylic acids is 2. The number of aromatic carboxylic acids is 2. The van der Waals surface area contributed by atoms with E-state index in [9.17, 15) is 19.8 Å². The molecule has 0 aliphatic rings. The second-order valence-electron chi connectivity index (χ2n) is 5.70. The molecular weight excluding hydrogens is 300 g/mol. The molecule has 6 heteroatoms. The van der Waals surface area contributed by atoms with Gasteiger partial charge in [0.05, 0.1) is 0 Å². The van der Waals surface area contributed by atoms with Gasteiger partial charge in [0, 0.05) is 5.41 Å². The Hall–Kier alpha value is -3.02. The summed E-state index contributed by atoms with van der Waals surface area (Å²) in [5.74, 6) is -3.16. The number of hydrogen-bond acceptors (Lipinski definition) is 4. The first-order valence-corrected chi connectivity index (χ1v) is 6.78. The topological polar surface area (TPSA) is 115 Å². The molecule has 0 spiro atoms. The van der Waals surface area contributed by atoms with Gasteiger partial charge in [0.25, 0.3) is 0 Å². The third-order valence-corrected chi connectivity index (χ3v) is 3.90. The molecular formula is C17H16O6. The van der Waals surface area contributed by atoms with Gasteiger partial charge >= 0.3 is 11.9 Å². The van der Waals surface area contributed by atoms with E-state index in [1.54, 1.807) is 12.1 Å². The van der Waals surface area contributed by atoms with E-state index >= 15 is 0 Å². The van der Waals surface area contributed by atoms with Crippen molar-refractivity contribution in [1.29, 1.82) is 0 Å². The number of benzene rings is 2. The first-order chi connectivity index (χ1) is 10.6. The number of carbonyl (C=O) groups is 2. The summed E-state index contributed by atoms with van der Waals surface area (Å²) >= 11 is 0. The normalized spacial score (nSPS) is 11.2. The summed E-state index contributed by atoms with van der Waals surface area (Å²) in [6.45, 7) is 3.63. The molecule has 0 radical (unpaired) electrons. The van der Waals surface area contributed by atoms with Crippen molar-refractivity contribution in [2.45, 2.75) is 19.3 Å². The molecule has 23 heavy (non-hydrogen) atoms. The van der Waals surface area contributed by atoms with Gasteiger partial charge in [0.15, 0.2) is 0 Å². The van der Waals surface area contributed by atoms with E-state index in [4.69, 9.17) is 10.2 Å². The molecule has 0 aliphatic carbocycles. The average Bonchev–Trinajstić information content (AvgIpc) is 2.46. The van der Waals surface area contributed by atoms with Crippen molar-refractivity contribution in [3.05, 3.63) is 58.7 Å². The number of carboxylic acid groups (broad SMARTS) is 2. The van der Waals surface area contributed by atoms with Crippen LogP contribution in [0.25, 0.3) is 0 Å². The van der Waals surface area contributed by atoms with E-state index in [0.29, 0.717) is 11.1 Å². The van der Waals surface area contributed by atoms with Gasteiger partial charge in [-0.3, -0.25) is 0 Å². The fraction of sp³-hybridized carbons (Fsp3) is 0.176. The van der Waals surface area contributed by atoms with Gasteiger partial charge in [-0.2, -0.15) is 0 Å². The lowest BCUT2D eigenvalue weighted by atomic mass is 9.77. The maximum absolute atomic E-state index is 11.0. The minimum atomic E-state index is -1.23. The monoisotopic (exact) mass is 316 g/mol. The maximum atomic E-state index is 11.0. The third-order valence-electron chi connectivity index (χ3n) is 3.90. The molecule has 0 unspecified atom stereocenters. The fourth-order valence-electron chi connectivity index (χ4n) is 2.37. The molecule has 0 saturated heterocycles. The van der Waals surface area contributed by atoms with E-state index in [-0.39, 0.29) is 22.6 Å². The molecule has 0 bridgehead atoms. The molecule has 0 amide bonds. The van der Waals surface area contributed by atoms with Gasteiger partial charge in [0.1, 0.15) is 22.6 Å². The van der Waals surface area contributed by atoms with Gasteiger partial charge in [-0.15, -0.1) is 0 Å². The Morgan fingerprint density at radius 2 is 1.13 bits per heavy atom. The van der Waals surface area contributed by atoms with E-state index in [0.717, 1.165) is 0 Å². The molecule has 6 nitrogen and oxygen atoms in total. The Balaban J connectivity index is 2.50. The summed E-state index contributed by atoms with van der Waals surface area (Å²) in [6.07, 6.45) is 0. The van der Waals surface area contributed by atoms with Crippen molar-refractivity contribution in [2.24, 2.45) is 0 Å². The van der Waals surface area contributed by atoms with Gasteiger partial charge in [0.2, 0.25) is 0 Å². The van der Waals surface area contributed by atoms with Crippen LogP contribution in [0.15, 0.2) is 36.4 Å². The summed E-state index contributed by atoms with van der Waals surface area (Å²) in [6, 6.07) is 8.47. The molecule has 2 rings (SSSR count). The van der Waals surface area contributed by atoms with Gasteiger partial charge < -0.3 is 20.4 Å². The maximum Gasteiger partial charge on any atom is 0.339 e. The minimum Gasteiger partial charge on any atom is -0.507 e. The van der Waals surface area contributed by atoms with Crippen LogP contribution >= 0.6 is 0 Å².